The van der Waals surface area contributed by atoms with Crippen LogP contribution in [0.15, 0.2) is 48.5 Å². The summed E-state index contributed by atoms with van der Waals surface area (Å²) in [5.74, 6) is -0.0453. The van der Waals surface area contributed by atoms with Crippen LogP contribution in [-0.4, -0.2) is 16.9 Å². The lowest BCUT2D eigenvalue weighted by atomic mass is 10.1. The van der Waals surface area contributed by atoms with Crippen molar-refractivity contribution in [2.75, 3.05) is 0 Å². The van der Waals surface area contributed by atoms with E-state index in [1.54, 1.807) is 24.3 Å². The van der Waals surface area contributed by atoms with Crippen molar-refractivity contribution in [1.29, 1.82) is 0 Å². The Morgan fingerprint density at radius 2 is 1.86 bits per heavy atom. The number of para-hydroxylation sites is 1. The largest absolute Gasteiger partial charge is 0.358 e. The van der Waals surface area contributed by atoms with Crippen molar-refractivity contribution in [3.8, 4) is 0 Å². The molecular formula is C18H15ClN2O. The SMILES string of the molecule is O=C(NC1Cc2[nH]c3ccccc3c2C1)c1ccc(Cl)cc1. The molecule has 1 aliphatic rings. The van der Waals surface area contributed by atoms with Crippen molar-refractivity contribution in [2.24, 2.45) is 0 Å². The zero-order valence-electron chi connectivity index (χ0n) is 11.9. The van der Waals surface area contributed by atoms with E-state index < -0.39 is 0 Å². The molecule has 1 amide bonds. The highest BCUT2D eigenvalue weighted by Crippen LogP contribution is 2.30. The number of nitrogens with one attached hydrogen (secondary N) is 2. The second kappa shape index (κ2) is 5.18. The van der Waals surface area contributed by atoms with Crippen LogP contribution in [0, 0.1) is 0 Å². The molecule has 1 unspecified atom stereocenters. The molecule has 2 N–H and O–H groups in total. The number of aromatic nitrogens is 1. The monoisotopic (exact) mass is 310 g/mol. The molecule has 22 heavy (non-hydrogen) atoms. The molecule has 0 spiro atoms. The zero-order chi connectivity index (χ0) is 15.1. The van der Waals surface area contributed by atoms with Gasteiger partial charge in [0, 0.05) is 39.6 Å². The zero-order valence-corrected chi connectivity index (χ0v) is 12.7. The molecule has 3 nitrogen and oxygen atoms in total. The van der Waals surface area contributed by atoms with Gasteiger partial charge in [0.25, 0.3) is 5.91 Å². The maximum Gasteiger partial charge on any atom is 0.251 e. The van der Waals surface area contributed by atoms with E-state index in [2.05, 4.69) is 28.5 Å². The van der Waals surface area contributed by atoms with E-state index in [9.17, 15) is 4.79 Å². The molecule has 4 rings (SSSR count). The standard InChI is InChI=1S/C18H15ClN2O/c19-12-7-5-11(6-8-12)18(22)20-13-9-15-14-3-1-2-4-16(14)21-17(15)10-13/h1-8,13,21H,9-10H2,(H,20,22). The van der Waals surface area contributed by atoms with E-state index in [-0.39, 0.29) is 11.9 Å². The summed E-state index contributed by atoms with van der Waals surface area (Å²) in [4.78, 5) is 15.7. The Kier molecular flexibility index (Phi) is 3.16. The number of benzene rings is 2. The first kappa shape index (κ1) is 13.4. The molecule has 0 bridgehead atoms. The summed E-state index contributed by atoms with van der Waals surface area (Å²) in [7, 11) is 0. The molecule has 110 valence electrons. The smallest absolute Gasteiger partial charge is 0.251 e. The van der Waals surface area contributed by atoms with E-state index >= 15 is 0 Å². The summed E-state index contributed by atoms with van der Waals surface area (Å²) >= 11 is 5.85. The van der Waals surface area contributed by atoms with Crippen molar-refractivity contribution < 1.29 is 4.79 Å². The molecule has 1 aliphatic carbocycles. The van der Waals surface area contributed by atoms with Crippen molar-refractivity contribution in [3.63, 3.8) is 0 Å². The third-order valence-corrected chi connectivity index (χ3v) is 4.50. The summed E-state index contributed by atoms with van der Waals surface area (Å²) in [6, 6.07) is 15.4. The maximum absolute atomic E-state index is 12.3. The second-order valence-electron chi connectivity index (χ2n) is 5.71. The highest BCUT2D eigenvalue weighted by atomic mass is 35.5. The van der Waals surface area contributed by atoms with Crippen molar-refractivity contribution in [2.45, 2.75) is 18.9 Å². The van der Waals surface area contributed by atoms with Gasteiger partial charge < -0.3 is 10.3 Å². The van der Waals surface area contributed by atoms with Gasteiger partial charge >= 0.3 is 0 Å². The van der Waals surface area contributed by atoms with Gasteiger partial charge in [-0.15, -0.1) is 0 Å². The van der Waals surface area contributed by atoms with Crippen LogP contribution in [0.3, 0.4) is 0 Å². The van der Waals surface area contributed by atoms with Gasteiger partial charge in [0.05, 0.1) is 0 Å². The number of carbonyl (C=O) groups is 1. The number of hydrogen-bond donors (Lipinski definition) is 2. The number of aromatic amines is 1. The second-order valence-corrected chi connectivity index (χ2v) is 6.15. The van der Waals surface area contributed by atoms with Crippen molar-refractivity contribution in [3.05, 3.63) is 70.4 Å². The normalized spacial score (nSPS) is 16.7. The van der Waals surface area contributed by atoms with Crippen LogP contribution >= 0.6 is 11.6 Å². The molecule has 0 saturated carbocycles. The minimum atomic E-state index is -0.0453. The fourth-order valence-corrected chi connectivity index (χ4v) is 3.33. The van der Waals surface area contributed by atoms with E-state index in [0.717, 1.165) is 12.8 Å². The molecule has 0 radical (unpaired) electrons. The molecule has 0 fully saturated rings. The highest BCUT2D eigenvalue weighted by Gasteiger charge is 2.26. The Hall–Kier alpha value is -2.26. The Morgan fingerprint density at radius 1 is 1.09 bits per heavy atom. The average Bonchev–Trinajstić information content (AvgIpc) is 3.05. The van der Waals surface area contributed by atoms with Crippen LogP contribution in [-0.2, 0) is 12.8 Å². The fourth-order valence-electron chi connectivity index (χ4n) is 3.20. The lowest BCUT2D eigenvalue weighted by Gasteiger charge is -2.12. The van der Waals surface area contributed by atoms with Crippen molar-refractivity contribution >= 4 is 28.4 Å². The van der Waals surface area contributed by atoms with Crippen LogP contribution in [0.4, 0.5) is 0 Å². The highest BCUT2D eigenvalue weighted by molar-refractivity contribution is 6.30. The summed E-state index contributed by atoms with van der Waals surface area (Å²) in [6.45, 7) is 0. The number of carbonyl (C=O) groups excluding carboxylic acids is 1. The van der Waals surface area contributed by atoms with E-state index in [0.29, 0.717) is 10.6 Å². The van der Waals surface area contributed by atoms with Gasteiger partial charge in [0.2, 0.25) is 0 Å². The maximum atomic E-state index is 12.3. The van der Waals surface area contributed by atoms with E-state index in [4.69, 9.17) is 11.6 Å². The molecule has 3 aromatic rings. The molecular weight excluding hydrogens is 296 g/mol. The first-order valence-corrected chi connectivity index (χ1v) is 7.73. The van der Waals surface area contributed by atoms with E-state index in [1.165, 1.54) is 22.2 Å². The fraction of sp³-hybridized carbons (Fsp3) is 0.167. The summed E-state index contributed by atoms with van der Waals surface area (Å²) in [5, 5.41) is 5.01. The van der Waals surface area contributed by atoms with Gasteiger partial charge in [-0.25, -0.2) is 0 Å². The molecule has 1 atom stereocenters. The molecule has 1 aromatic heterocycles. The van der Waals surface area contributed by atoms with Crippen LogP contribution in [0.5, 0.6) is 0 Å². The molecule has 1 heterocycles. The van der Waals surface area contributed by atoms with Gasteiger partial charge in [-0.05, 0) is 42.3 Å². The molecule has 2 aromatic carbocycles. The predicted octanol–water partition coefficient (Wildman–Crippen LogP) is 3.72. The van der Waals surface area contributed by atoms with Gasteiger partial charge in [-0.1, -0.05) is 29.8 Å². The molecule has 0 aliphatic heterocycles. The number of fused-ring (bicyclic) bond motifs is 3. The third-order valence-electron chi connectivity index (χ3n) is 4.24. The number of amides is 1. The third kappa shape index (κ3) is 2.28. The Bertz CT molecular complexity index is 851. The Morgan fingerprint density at radius 3 is 2.68 bits per heavy atom. The predicted molar refractivity (Wildman–Crippen MR) is 88.4 cm³/mol. The van der Waals surface area contributed by atoms with Crippen LogP contribution in [0.1, 0.15) is 21.6 Å². The van der Waals surface area contributed by atoms with E-state index in [1.807, 2.05) is 6.07 Å². The lowest BCUT2D eigenvalue weighted by Crippen LogP contribution is -2.35. The number of hydrogen-bond acceptors (Lipinski definition) is 1. The van der Waals surface area contributed by atoms with Crippen LogP contribution in [0.25, 0.3) is 10.9 Å². The molecule has 0 saturated heterocycles. The summed E-state index contributed by atoms with van der Waals surface area (Å²) in [6.07, 6.45) is 1.72. The first-order valence-electron chi connectivity index (χ1n) is 7.35. The first-order chi connectivity index (χ1) is 10.7. The van der Waals surface area contributed by atoms with Crippen LogP contribution in [0.2, 0.25) is 5.02 Å². The summed E-state index contributed by atoms with van der Waals surface area (Å²) < 4.78 is 0. The minimum absolute atomic E-state index is 0.0453. The topological polar surface area (TPSA) is 44.9 Å². The van der Waals surface area contributed by atoms with Crippen molar-refractivity contribution in [1.82, 2.24) is 10.3 Å². The Balaban J connectivity index is 1.51. The average molecular weight is 311 g/mol. The number of halogens is 1. The quantitative estimate of drug-likeness (QED) is 0.744. The van der Waals surface area contributed by atoms with Gasteiger partial charge in [-0.2, -0.15) is 0 Å². The lowest BCUT2D eigenvalue weighted by molar-refractivity contribution is 0.0938. The van der Waals surface area contributed by atoms with Crippen LogP contribution < -0.4 is 5.32 Å². The summed E-state index contributed by atoms with van der Waals surface area (Å²) in [5.41, 5.74) is 4.39. The number of H-pyrrole nitrogens is 1. The van der Waals surface area contributed by atoms with Gasteiger partial charge in [0.1, 0.15) is 0 Å². The van der Waals surface area contributed by atoms with Gasteiger partial charge in [0.15, 0.2) is 0 Å². The number of rotatable bonds is 2. The Labute approximate surface area is 133 Å². The van der Waals surface area contributed by atoms with Gasteiger partial charge in [-0.3, -0.25) is 4.79 Å². The minimum Gasteiger partial charge on any atom is -0.358 e. The molecule has 4 heteroatoms.